The molecule has 1 aromatic rings. The molecule has 0 fully saturated rings. The second kappa shape index (κ2) is 6.34. The minimum Gasteiger partial charge on any atom is -0.486 e. The Balaban J connectivity index is 1.88. The van der Waals surface area contributed by atoms with Crippen LogP contribution in [0.5, 0.6) is 11.5 Å². The topological polar surface area (TPSA) is 81.7 Å². The van der Waals surface area contributed by atoms with Crippen molar-refractivity contribution in [3.05, 3.63) is 23.8 Å². The molecule has 6 nitrogen and oxygen atoms in total. The molecule has 0 bridgehead atoms. The van der Waals surface area contributed by atoms with E-state index < -0.39 is 21.0 Å². The molecule has 21 heavy (non-hydrogen) atoms. The molecule has 0 radical (unpaired) electrons. The molecule has 0 saturated carbocycles. The van der Waals surface area contributed by atoms with Gasteiger partial charge in [-0.1, -0.05) is 6.07 Å². The Morgan fingerprint density at radius 3 is 2.62 bits per heavy atom. The van der Waals surface area contributed by atoms with Gasteiger partial charge < -0.3 is 14.8 Å². The predicted molar refractivity (Wildman–Crippen MR) is 78.5 cm³/mol. The van der Waals surface area contributed by atoms with Gasteiger partial charge in [0.05, 0.1) is 0 Å². The number of rotatable bonds is 5. The molecular formula is C14H19NO5S. The summed E-state index contributed by atoms with van der Waals surface area (Å²) in [6.07, 6.45) is 1.65. The van der Waals surface area contributed by atoms with Crippen molar-refractivity contribution in [3.63, 3.8) is 0 Å². The molecule has 0 saturated heterocycles. The lowest BCUT2D eigenvalue weighted by molar-refractivity contribution is -0.120. The van der Waals surface area contributed by atoms with E-state index in [4.69, 9.17) is 9.47 Å². The van der Waals surface area contributed by atoms with Gasteiger partial charge in [0.25, 0.3) is 0 Å². The number of amides is 1. The molecule has 1 aromatic carbocycles. The lowest BCUT2D eigenvalue weighted by Gasteiger charge is -2.19. The van der Waals surface area contributed by atoms with E-state index in [1.165, 1.54) is 6.92 Å². The van der Waals surface area contributed by atoms with E-state index >= 15 is 0 Å². The van der Waals surface area contributed by atoms with Crippen molar-refractivity contribution in [1.29, 1.82) is 0 Å². The summed E-state index contributed by atoms with van der Waals surface area (Å²) >= 11 is 0. The first kappa shape index (κ1) is 15.6. The number of carbonyl (C=O) groups is 1. The van der Waals surface area contributed by atoms with Crippen molar-refractivity contribution in [2.45, 2.75) is 18.6 Å². The fraction of sp³-hybridized carbons (Fsp3) is 0.500. The predicted octanol–water partition coefficient (Wildman–Crippen LogP) is 0.550. The zero-order valence-corrected chi connectivity index (χ0v) is 12.9. The zero-order valence-electron chi connectivity index (χ0n) is 12.1. The number of ether oxygens (including phenoxy) is 2. The number of sulfone groups is 1. The maximum absolute atomic E-state index is 11.7. The average Bonchev–Trinajstić information content (AvgIpc) is 2.45. The van der Waals surface area contributed by atoms with Gasteiger partial charge in [0.2, 0.25) is 5.91 Å². The van der Waals surface area contributed by atoms with Crippen LogP contribution < -0.4 is 14.8 Å². The van der Waals surface area contributed by atoms with E-state index in [-0.39, 0.29) is 0 Å². The Morgan fingerprint density at radius 1 is 1.29 bits per heavy atom. The number of nitrogens with one attached hydrogen (secondary N) is 1. The van der Waals surface area contributed by atoms with Crippen molar-refractivity contribution in [2.75, 3.05) is 26.0 Å². The smallest absolute Gasteiger partial charge is 0.238 e. The quantitative estimate of drug-likeness (QED) is 0.858. The van der Waals surface area contributed by atoms with Crippen LogP contribution in [0.4, 0.5) is 0 Å². The normalized spacial score (nSPS) is 15.3. The number of hydrogen-bond acceptors (Lipinski definition) is 5. The SMILES string of the molecule is CC(C(=O)NCCc1ccc2c(c1)OCCO2)S(C)(=O)=O. The van der Waals surface area contributed by atoms with Crippen molar-refractivity contribution in [2.24, 2.45) is 0 Å². The standard InChI is InChI=1S/C14H19NO5S/c1-10(21(2,17)18)14(16)15-6-5-11-3-4-12-13(9-11)20-8-7-19-12/h3-4,9-10H,5-8H2,1-2H3,(H,15,16). The molecule has 2 rings (SSSR count). The number of fused-ring (bicyclic) bond motifs is 1. The Morgan fingerprint density at radius 2 is 1.95 bits per heavy atom. The van der Waals surface area contributed by atoms with Crippen LogP contribution in [0, 0.1) is 0 Å². The largest absolute Gasteiger partial charge is 0.486 e. The van der Waals surface area contributed by atoms with Crippen LogP contribution in [0.3, 0.4) is 0 Å². The Labute approximate surface area is 124 Å². The van der Waals surface area contributed by atoms with E-state index in [1.807, 2.05) is 18.2 Å². The minimum atomic E-state index is -3.36. The second-order valence-corrected chi connectivity index (χ2v) is 7.36. The monoisotopic (exact) mass is 313 g/mol. The third kappa shape index (κ3) is 4.10. The van der Waals surface area contributed by atoms with Gasteiger partial charge in [0, 0.05) is 12.8 Å². The molecule has 0 spiro atoms. The van der Waals surface area contributed by atoms with Crippen molar-refractivity contribution in [3.8, 4) is 11.5 Å². The van der Waals surface area contributed by atoms with E-state index in [2.05, 4.69) is 5.32 Å². The van der Waals surface area contributed by atoms with Crippen LogP contribution in [0.1, 0.15) is 12.5 Å². The summed E-state index contributed by atoms with van der Waals surface area (Å²) in [7, 11) is -3.36. The van der Waals surface area contributed by atoms with Crippen LogP contribution in [0.2, 0.25) is 0 Å². The summed E-state index contributed by atoms with van der Waals surface area (Å²) in [6, 6.07) is 5.62. The minimum absolute atomic E-state index is 0.373. The lowest BCUT2D eigenvalue weighted by atomic mass is 10.1. The molecule has 7 heteroatoms. The van der Waals surface area contributed by atoms with Crippen LogP contribution in [0.25, 0.3) is 0 Å². The molecule has 1 N–H and O–H groups in total. The van der Waals surface area contributed by atoms with Gasteiger partial charge in [-0.05, 0) is 31.0 Å². The molecule has 1 amide bonds. The van der Waals surface area contributed by atoms with Crippen LogP contribution in [-0.4, -0.2) is 45.6 Å². The summed E-state index contributed by atoms with van der Waals surface area (Å²) in [5.41, 5.74) is 0.992. The van der Waals surface area contributed by atoms with Crippen molar-refractivity contribution >= 4 is 15.7 Å². The van der Waals surface area contributed by atoms with E-state index in [0.717, 1.165) is 17.6 Å². The van der Waals surface area contributed by atoms with Gasteiger partial charge in [-0.3, -0.25) is 4.79 Å². The lowest BCUT2D eigenvalue weighted by Crippen LogP contribution is -2.38. The fourth-order valence-electron chi connectivity index (χ4n) is 1.91. The van der Waals surface area contributed by atoms with E-state index in [1.54, 1.807) is 0 Å². The average molecular weight is 313 g/mol. The molecule has 116 valence electrons. The molecule has 1 aliphatic rings. The number of hydrogen-bond donors (Lipinski definition) is 1. The number of carbonyl (C=O) groups excluding carboxylic acids is 1. The Bertz CT molecular complexity index is 626. The summed E-state index contributed by atoms with van der Waals surface area (Å²) in [5.74, 6) is 0.948. The van der Waals surface area contributed by atoms with Gasteiger partial charge >= 0.3 is 0 Å². The second-order valence-electron chi connectivity index (χ2n) is 4.99. The summed E-state index contributed by atoms with van der Waals surface area (Å²) < 4.78 is 33.5. The molecule has 1 unspecified atom stereocenters. The van der Waals surface area contributed by atoms with Gasteiger partial charge in [0.15, 0.2) is 21.3 Å². The molecule has 0 aliphatic carbocycles. The molecule has 1 heterocycles. The first-order chi connectivity index (χ1) is 9.88. The highest BCUT2D eigenvalue weighted by Gasteiger charge is 2.22. The zero-order chi connectivity index (χ0) is 15.5. The number of benzene rings is 1. The van der Waals surface area contributed by atoms with Crippen LogP contribution in [0.15, 0.2) is 18.2 Å². The summed E-state index contributed by atoms with van der Waals surface area (Å²) in [4.78, 5) is 11.7. The van der Waals surface area contributed by atoms with Gasteiger partial charge in [-0.2, -0.15) is 0 Å². The first-order valence-corrected chi connectivity index (χ1v) is 8.68. The van der Waals surface area contributed by atoms with Crippen molar-refractivity contribution in [1.82, 2.24) is 5.32 Å². The third-order valence-corrected chi connectivity index (χ3v) is 4.83. The Hall–Kier alpha value is -1.76. The molecule has 1 aliphatic heterocycles. The highest BCUT2D eigenvalue weighted by atomic mass is 32.2. The summed E-state index contributed by atoms with van der Waals surface area (Å²) in [6.45, 7) is 2.83. The van der Waals surface area contributed by atoms with Crippen molar-refractivity contribution < 1.29 is 22.7 Å². The molecule has 1 atom stereocenters. The van der Waals surface area contributed by atoms with Crippen LogP contribution >= 0.6 is 0 Å². The maximum Gasteiger partial charge on any atom is 0.238 e. The van der Waals surface area contributed by atoms with Gasteiger partial charge in [-0.25, -0.2) is 8.42 Å². The van der Waals surface area contributed by atoms with E-state index in [0.29, 0.717) is 31.9 Å². The Kier molecular flexibility index (Phi) is 4.72. The fourth-order valence-corrected chi connectivity index (χ4v) is 2.38. The molecule has 0 aromatic heterocycles. The van der Waals surface area contributed by atoms with Crippen LogP contribution in [-0.2, 0) is 21.1 Å². The molecular weight excluding hydrogens is 294 g/mol. The van der Waals surface area contributed by atoms with Gasteiger partial charge in [0.1, 0.15) is 18.5 Å². The van der Waals surface area contributed by atoms with Gasteiger partial charge in [-0.15, -0.1) is 0 Å². The third-order valence-electron chi connectivity index (χ3n) is 3.33. The maximum atomic E-state index is 11.7. The van der Waals surface area contributed by atoms with E-state index in [9.17, 15) is 13.2 Å². The summed E-state index contributed by atoms with van der Waals surface area (Å²) in [5, 5.41) is 1.60. The first-order valence-electron chi connectivity index (χ1n) is 6.73. The highest BCUT2D eigenvalue weighted by molar-refractivity contribution is 7.92. The highest BCUT2D eigenvalue weighted by Crippen LogP contribution is 2.30.